The number of imide groups is 2. The maximum atomic E-state index is 13.0. The Morgan fingerprint density at radius 3 is 2.41 bits per heavy atom. The van der Waals surface area contributed by atoms with E-state index in [1.807, 2.05) is 11.0 Å². The average molecular weight is 440 g/mol. The third-order valence-corrected chi connectivity index (χ3v) is 7.12. The lowest BCUT2D eigenvalue weighted by Crippen LogP contribution is -2.60. The fraction of sp³-hybridized carbons (Fsp3) is 0.500. The van der Waals surface area contributed by atoms with E-state index in [4.69, 9.17) is 5.11 Å². The maximum Gasteiger partial charge on any atom is 0.317 e. The van der Waals surface area contributed by atoms with Crippen molar-refractivity contribution in [2.24, 2.45) is 5.41 Å². The molecule has 1 aromatic carbocycles. The number of likely N-dealkylation sites (tertiary alicyclic amines) is 1. The first kappa shape index (κ1) is 20.6. The summed E-state index contributed by atoms with van der Waals surface area (Å²) >= 11 is 0. The van der Waals surface area contributed by atoms with Gasteiger partial charge in [0.05, 0.1) is 17.7 Å². The lowest BCUT2D eigenvalue weighted by molar-refractivity contribution is -0.139. The number of piperidine rings is 2. The smallest absolute Gasteiger partial charge is 0.317 e. The van der Waals surface area contributed by atoms with E-state index in [0.29, 0.717) is 0 Å². The molecule has 0 aliphatic carbocycles. The fourth-order valence-electron chi connectivity index (χ4n) is 5.29. The molecule has 0 aromatic heterocycles. The van der Waals surface area contributed by atoms with Crippen LogP contribution >= 0.6 is 0 Å². The number of carbonyl (C=O) groups is 5. The van der Waals surface area contributed by atoms with E-state index in [-0.39, 0.29) is 35.9 Å². The molecule has 3 saturated heterocycles. The van der Waals surface area contributed by atoms with Crippen LogP contribution in [0.4, 0.5) is 5.69 Å². The van der Waals surface area contributed by atoms with E-state index in [9.17, 15) is 24.0 Å². The summed E-state index contributed by atoms with van der Waals surface area (Å²) < 4.78 is 0. The average Bonchev–Trinajstić information content (AvgIpc) is 2.97. The molecule has 4 aliphatic heterocycles. The molecule has 3 fully saturated rings. The zero-order chi connectivity index (χ0) is 22.6. The molecule has 2 N–H and O–H groups in total. The summed E-state index contributed by atoms with van der Waals surface area (Å²) in [6, 6.07) is 4.21. The quantitative estimate of drug-likeness (QED) is 0.630. The van der Waals surface area contributed by atoms with E-state index in [2.05, 4.69) is 10.2 Å². The van der Waals surface area contributed by atoms with Gasteiger partial charge in [-0.3, -0.25) is 39.1 Å². The third kappa shape index (κ3) is 3.35. The van der Waals surface area contributed by atoms with Gasteiger partial charge >= 0.3 is 5.97 Å². The van der Waals surface area contributed by atoms with Crippen molar-refractivity contribution in [2.45, 2.75) is 31.7 Å². The van der Waals surface area contributed by atoms with Crippen molar-refractivity contribution in [1.29, 1.82) is 0 Å². The SMILES string of the molecule is O=C(O)CN1CCC2(CC1)CN(c1ccc3c(c1)C(=O)N(C1CCC(=O)NC1=O)C3=O)C2. The minimum atomic E-state index is -0.966. The van der Waals surface area contributed by atoms with E-state index < -0.39 is 35.6 Å². The van der Waals surface area contributed by atoms with Gasteiger partial charge in [-0.05, 0) is 50.6 Å². The van der Waals surface area contributed by atoms with Gasteiger partial charge < -0.3 is 10.0 Å². The summed E-state index contributed by atoms with van der Waals surface area (Å²) in [5.41, 5.74) is 1.58. The third-order valence-electron chi connectivity index (χ3n) is 7.12. The summed E-state index contributed by atoms with van der Waals surface area (Å²) in [6.07, 6.45) is 2.09. The molecule has 0 bridgehead atoms. The number of carboxylic acids is 1. The number of rotatable bonds is 4. The molecule has 0 radical (unpaired) electrons. The standard InChI is InChI=1S/C22H24N4O6/c27-17-4-3-16(19(30)23-17)26-20(31)14-2-1-13(9-15(14)21(26)32)25-11-22(12-25)5-7-24(8-6-22)10-18(28)29/h1-2,9,16H,3-8,10-12H2,(H,28,29)(H,23,27,30). The number of anilines is 1. The van der Waals surface area contributed by atoms with Gasteiger partial charge in [0.1, 0.15) is 6.04 Å². The molecule has 168 valence electrons. The first-order valence-corrected chi connectivity index (χ1v) is 10.8. The molecule has 4 amide bonds. The highest BCUT2D eigenvalue weighted by Crippen LogP contribution is 2.43. The molecular weight excluding hydrogens is 416 g/mol. The van der Waals surface area contributed by atoms with Crippen molar-refractivity contribution in [3.8, 4) is 0 Å². The van der Waals surface area contributed by atoms with E-state index >= 15 is 0 Å². The summed E-state index contributed by atoms with van der Waals surface area (Å²) in [5.74, 6) is -2.82. The van der Waals surface area contributed by atoms with Crippen LogP contribution in [0, 0.1) is 5.41 Å². The van der Waals surface area contributed by atoms with Crippen molar-refractivity contribution in [2.75, 3.05) is 37.6 Å². The van der Waals surface area contributed by atoms with Gasteiger partial charge in [0.2, 0.25) is 11.8 Å². The zero-order valence-electron chi connectivity index (χ0n) is 17.5. The van der Waals surface area contributed by atoms with Crippen LogP contribution in [0.15, 0.2) is 18.2 Å². The number of carbonyl (C=O) groups excluding carboxylic acids is 4. The summed E-state index contributed by atoms with van der Waals surface area (Å²) in [6.45, 7) is 3.25. The second-order valence-electron chi connectivity index (χ2n) is 9.20. The molecule has 10 heteroatoms. The Bertz CT molecular complexity index is 1040. The predicted octanol–water partition coefficient (Wildman–Crippen LogP) is 0.0746. The Labute approximate surface area is 184 Å². The van der Waals surface area contributed by atoms with Gasteiger partial charge in [-0.1, -0.05) is 0 Å². The molecular formula is C22H24N4O6. The summed E-state index contributed by atoms with van der Waals surface area (Å²) in [7, 11) is 0. The van der Waals surface area contributed by atoms with Crippen molar-refractivity contribution in [3.63, 3.8) is 0 Å². The van der Waals surface area contributed by atoms with Gasteiger partial charge in [-0.2, -0.15) is 0 Å². The minimum absolute atomic E-state index is 0.0738. The molecule has 1 atom stereocenters. The Hall–Kier alpha value is -3.27. The fourth-order valence-corrected chi connectivity index (χ4v) is 5.29. The second kappa shape index (κ2) is 7.40. The number of hydrogen-bond acceptors (Lipinski definition) is 7. The largest absolute Gasteiger partial charge is 0.480 e. The van der Waals surface area contributed by atoms with Crippen LogP contribution in [0.5, 0.6) is 0 Å². The Morgan fingerprint density at radius 1 is 1.06 bits per heavy atom. The highest BCUT2D eigenvalue weighted by Gasteiger charge is 2.47. The molecule has 1 aromatic rings. The molecule has 32 heavy (non-hydrogen) atoms. The lowest BCUT2D eigenvalue weighted by atomic mass is 9.71. The number of nitrogens with zero attached hydrogens (tertiary/aromatic N) is 3. The van der Waals surface area contributed by atoms with E-state index in [0.717, 1.165) is 49.6 Å². The molecule has 0 saturated carbocycles. The lowest BCUT2D eigenvalue weighted by Gasteiger charge is -2.55. The maximum absolute atomic E-state index is 13.0. The van der Waals surface area contributed by atoms with Crippen LogP contribution in [0.25, 0.3) is 0 Å². The van der Waals surface area contributed by atoms with Crippen LogP contribution in [0.2, 0.25) is 0 Å². The van der Waals surface area contributed by atoms with Crippen LogP contribution in [0.3, 0.4) is 0 Å². The predicted molar refractivity (Wildman–Crippen MR) is 111 cm³/mol. The van der Waals surface area contributed by atoms with Crippen molar-refractivity contribution < 1.29 is 29.1 Å². The van der Waals surface area contributed by atoms with Crippen molar-refractivity contribution >= 4 is 35.3 Å². The van der Waals surface area contributed by atoms with Gasteiger partial charge in [-0.15, -0.1) is 0 Å². The number of benzene rings is 1. The zero-order valence-corrected chi connectivity index (χ0v) is 17.5. The summed E-state index contributed by atoms with van der Waals surface area (Å²) in [5, 5.41) is 11.2. The highest BCUT2D eigenvalue weighted by molar-refractivity contribution is 6.23. The number of hydrogen-bond donors (Lipinski definition) is 2. The normalized spacial score (nSPS) is 25.1. The Balaban J connectivity index is 1.27. The van der Waals surface area contributed by atoms with Gasteiger partial charge in [-0.25, -0.2) is 0 Å². The van der Waals surface area contributed by atoms with Gasteiger partial charge in [0, 0.05) is 30.6 Å². The van der Waals surface area contributed by atoms with Crippen LogP contribution in [-0.2, 0) is 14.4 Å². The van der Waals surface area contributed by atoms with Gasteiger partial charge in [0.25, 0.3) is 11.8 Å². The second-order valence-corrected chi connectivity index (χ2v) is 9.20. The minimum Gasteiger partial charge on any atom is -0.480 e. The molecule has 4 aliphatic rings. The molecule has 1 unspecified atom stereocenters. The van der Waals surface area contributed by atoms with Gasteiger partial charge in [0.15, 0.2) is 0 Å². The Kier molecular flexibility index (Phi) is 4.77. The van der Waals surface area contributed by atoms with Crippen LogP contribution in [-0.4, -0.2) is 83.3 Å². The van der Waals surface area contributed by atoms with Crippen LogP contribution in [0.1, 0.15) is 46.4 Å². The molecule has 4 heterocycles. The van der Waals surface area contributed by atoms with Crippen LogP contribution < -0.4 is 10.2 Å². The number of amides is 4. The number of aliphatic carboxylic acids is 1. The number of nitrogens with one attached hydrogen (secondary N) is 1. The number of fused-ring (bicyclic) bond motifs is 1. The van der Waals surface area contributed by atoms with Crippen molar-refractivity contribution in [3.05, 3.63) is 29.3 Å². The Morgan fingerprint density at radius 2 is 1.75 bits per heavy atom. The number of carboxylic acid groups (broad SMARTS) is 1. The molecule has 1 spiro atoms. The topological polar surface area (TPSA) is 127 Å². The first-order valence-electron chi connectivity index (χ1n) is 10.8. The molecule has 10 nitrogen and oxygen atoms in total. The van der Waals surface area contributed by atoms with Crippen molar-refractivity contribution in [1.82, 2.24) is 15.1 Å². The highest BCUT2D eigenvalue weighted by atomic mass is 16.4. The van der Waals surface area contributed by atoms with E-state index in [1.54, 1.807) is 12.1 Å². The summed E-state index contributed by atoms with van der Waals surface area (Å²) in [4.78, 5) is 65.4. The van der Waals surface area contributed by atoms with E-state index in [1.165, 1.54) is 0 Å². The first-order chi connectivity index (χ1) is 15.3. The molecule has 5 rings (SSSR count). The monoisotopic (exact) mass is 440 g/mol.